The molecule has 0 saturated carbocycles. The van der Waals surface area contributed by atoms with Crippen LogP contribution in [0.2, 0.25) is 0 Å². The number of urea groups is 1. The molecule has 4 aromatic rings. The van der Waals surface area contributed by atoms with E-state index in [1.165, 1.54) is 19.9 Å². The van der Waals surface area contributed by atoms with Crippen molar-refractivity contribution in [3.8, 4) is 5.75 Å². The Morgan fingerprint density at radius 1 is 1.10 bits per heavy atom. The van der Waals surface area contributed by atoms with Gasteiger partial charge in [-0.2, -0.15) is 0 Å². The standard InChI is InChI=1S/C38H49N5O8S/c1-24-21-43(25(2)23-44)37(45)32-20-30(41-52(47,48)36-27(4)40-51-28(36)5)17-18-34(32)50-26(3)12-9-10-19-49-35(24)22-42(6)38(46)39-33-16-11-14-29-13-7-8-15-31(29)33/h7-8,11,13-18,20,24-26,35,41,44H,9-10,12,19,21-23H2,1-6H3,(H,39,46)/t24-,25-,26-,35-/m1/s1. The van der Waals surface area contributed by atoms with Gasteiger partial charge in [-0.15, -0.1) is 0 Å². The molecule has 0 aliphatic carbocycles. The monoisotopic (exact) mass is 735 g/mol. The Morgan fingerprint density at radius 2 is 1.85 bits per heavy atom. The third-order valence-corrected chi connectivity index (χ3v) is 11.0. The molecule has 13 nitrogen and oxygen atoms in total. The van der Waals surface area contributed by atoms with Gasteiger partial charge in [0.05, 0.1) is 36.1 Å². The first-order valence-electron chi connectivity index (χ1n) is 17.6. The number of amides is 3. The molecule has 0 unspecified atom stereocenters. The summed E-state index contributed by atoms with van der Waals surface area (Å²) in [6.45, 7) is 9.21. The van der Waals surface area contributed by atoms with E-state index in [4.69, 9.17) is 14.0 Å². The van der Waals surface area contributed by atoms with Gasteiger partial charge in [0, 0.05) is 43.7 Å². The second kappa shape index (κ2) is 16.8. The van der Waals surface area contributed by atoms with Crippen molar-refractivity contribution in [1.29, 1.82) is 0 Å². The molecule has 3 aromatic carbocycles. The van der Waals surface area contributed by atoms with Crippen molar-refractivity contribution in [2.45, 2.75) is 77.0 Å². The van der Waals surface area contributed by atoms with Gasteiger partial charge in [-0.05, 0) is 76.6 Å². The first-order valence-corrected chi connectivity index (χ1v) is 19.1. The SMILES string of the molecule is Cc1noc(C)c1S(=O)(=O)Nc1ccc2c(c1)C(=O)N([C@H](C)CO)C[C@@H](C)[C@@H](CN(C)C(=O)Nc1cccc3ccccc13)OCCCC[C@@H](C)O2. The Hall–Kier alpha value is -4.66. The Morgan fingerprint density at radius 3 is 2.58 bits per heavy atom. The quantitative estimate of drug-likeness (QED) is 0.191. The third kappa shape index (κ3) is 9.03. The number of anilines is 2. The lowest BCUT2D eigenvalue weighted by Gasteiger charge is -2.35. The summed E-state index contributed by atoms with van der Waals surface area (Å²) in [7, 11) is -2.39. The summed E-state index contributed by atoms with van der Waals surface area (Å²) < 4.78 is 47.0. The first-order chi connectivity index (χ1) is 24.8. The molecular formula is C38H49N5O8S. The summed E-state index contributed by atoms with van der Waals surface area (Å²) in [5, 5.41) is 19.0. The smallest absolute Gasteiger partial charge is 0.321 e. The fraction of sp³-hybridized carbons (Fsp3) is 0.447. The van der Waals surface area contributed by atoms with Crippen molar-refractivity contribution in [1.82, 2.24) is 15.0 Å². The predicted molar refractivity (Wildman–Crippen MR) is 199 cm³/mol. The number of nitrogens with one attached hydrogen (secondary N) is 2. The maximum absolute atomic E-state index is 14.5. The molecule has 1 aromatic heterocycles. The zero-order valence-corrected chi connectivity index (χ0v) is 31.4. The van der Waals surface area contributed by atoms with Crippen molar-refractivity contribution in [3.05, 3.63) is 77.7 Å². The maximum atomic E-state index is 14.5. The van der Waals surface area contributed by atoms with Crippen LogP contribution in [0.4, 0.5) is 16.2 Å². The number of hydrogen-bond acceptors (Lipinski definition) is 9. The lowest BCUT2D eigenvalue weighted by Crippen LogP contribution is -2.48. The normalized spacial score (nSPS) is 19.6. The second-order valence-electron chi connectivity index (χ2n) is 13.6. The Balaban J connectivity index is 1.41. The number of aliphatic hydroxyl groups excluding tert-OH is 1. The lowest BCUT2D eigenvalue weighted by atomic mass is 10.0. The Kier molecular flexibility index (Phi) is 12.4. The van der Waals surface area contributed by atoms with Gasteiger partial charge in [0.2, 0.25) is 0 Å². The van der Waals surface area contributed by atoms with E-state index in [0.29, 0.717) is 24.5 Å². The van der Waals surface area contributed by atoms with Crippen molar-refractivity contribution in [3.63, 3.8) is 0 Å². The third-order valence-electron chi connectivity index (χ3n) is 9.37. The van der Waals surface area contributed by atoms with Crippen LogP contribution in [0.5, 0.6) is 5.75 Å². The van der Waals surface area contributed by atoms with Crippen LogP contribution in [0.3, 0.4) is 0 Å². The van der Waals surface area contributed by atoms with E-state index in [0.717, 1.165) is 23.6 Å². The maximum Gasteiger partial charge on any atom is 0.321 e. The second-order valence-corrected chi connectivity index (χ2v) is 15.2. The Labute approximate surface area is 305 Å². The van der Waals surface area contributed by atoms with Gasteiger partial charge in [0.25, 0.3) is 15.9 Å². The number of ether oxygens (including phenoxy) is 2. The summed E-state index contributed by atoms with van der Waals surface area (Å²) in [6, 6.07) is 17.3. The minimum atomic E-state index is -4.10. The molecular weight excluding hydrogens is 687 g/mol. The van der Waals surface area contributed by atoms with E-state index in [9.17, 15) is 23.1 Å². The molecule has 5 rings (SSSR count). The molecule has 2 heterocycles. The van der Waals surface area contributed by atoms with E-state index in [-0.39, 0.29) is 65.3 Å². The van der Waals surface area contributed by atoms with Crippen molar-refractivity contribution in [2.75, 3.05) is 43.4 Å². The number of fused-ring (bicyclic) bond motifs is 2. The molecule has 0 saturated heterocycles. The number of carbonyl (C=O) groups excluding carboxylic acids is 2. The van der Waals surface area contributed by atoms with Gasteiger partial charge >= 0.3 is 6.03 Å². The van der Waals surface area contributed by atoms with Gasteiger partial charge in [0.1, 0.15) is 11.4 Å². The van der Waals surface area contributed by atoms with Gasteiger partial charge < -0.3 is 34.2 Å². The summed E-state index contributed by atoms with van der Waals surface area (Å²) >= 11 is 0. The molecule has 0 spiro atoms. The lowest BCUT2D eigenvalue weighted by molar-refractivity contribution is -0.0115. The van der Waals surface area contributed by atoms with E-state index >= 15 is 0 Å². The molecule has 0 bridgehead atoms. The van der Waals surface area contributed by atoms with E-state index in [1.54, 1.807) is 35.9 Å². The zero-order chi connectivity index (χ0) is 37.6. The number of likely N-dealkylation sites (N-methyl/N-ethyl adjacent to an activating group) is 1. The fourth-order valence-corrected chi connectivity index (χ4v) is 7.79. The molecule has 0 radical (unpaired) electrons. The van der Waals surface area contributed by atoms with E-state index in [2.05, 4.69) is 15.2 Å². The van der Waals surface area contributed by atoms with Crippen LogP contribution in [-0.4, -0.2) is 92.0 Å². The fourth-order valence-electron chi connectivity index (χ4n) is 6.41. The number of aliphatic hydroxyl groups is 1. The van der Waals surface area contributed by atoms with Gasteiger partial charge in [-0.25, -0.2) is 13.2 Å². The zero-order valence-electron chi connectivity index (χ0n) is 30.6. The van der Waals surface area contributed by atoms with Gasteiger partial charge in [0.15, 0.2) is 10.7 Å². The van der Waals surface area contributed by atoms with Crippen molar-refractivity contribution < 1.29 is 37.1 Å². The van der Waals surface area contributed by atoms with Crippen LogP contribution in [-0.2, 0) is 14.8 Å². The van der Waals surface area contributed by atoms with Crippen molar-refractivity contribution in [2.24, 2.45) is 5.92 Å². The predicted octanol–water partition coefficient (Wildman–Crippen LogP) is 6.20. The van der Waals surface area contributed by atoms with Gasteiger partial charge in [-0.1, -0.05) is 48.5 Å². The minimum Gasteiger partial charge on any atom is -0.490 e. The summed E-state index contributed by atoms with van der Waals surface area (Å²) in [5.41, 5.74) is 1.20. The molecule has 280 valence electrons. The number of benzene rings is 3. The Bertz CT molecular complexity index is 1960. The van der Waals surface area contributed by atoms with Gasteiger partial charge in [-0.3, -0.25) is 9.52 Å². The minimum absolute atomic E-state index is 0.0741. The van der Waals surface area contributed by atoms with Crippen molar-refractivity contribution >= 4 is 44.1 Å². The highest BCUT2D eigenvalue weighted by atomic mass is 32.2. The molecule has 3 N–H and O–H groups in total. The highest BCUT2D eigenvalue weighted by Crippen LogP contribution is 2.31. The number of hydrogen-bond donors (Lipinski definition) is 3. The van der Waals surface area contributed by atoms with E-state index < -0.39 is 28.1 Å². The van der Waals surface area contributed by atoms with Crippen LogP contribution in [0.15, 0.2) is 70.1 Å². The average Bonchev–Trinajstić information content (AvgIpc) is 3.47. The molecule has 4 atom stereocenters. The van der Waals surface area contributed by atoms with E-state index in [1.807, 2.05) is 56.3 Å². The highest BCUT2D eigenvalue weighted by molar-refractivity contribution is 7.92. The van der Waals surface area contributed by atoms with Crippen LogP contribution < -0.4 is 14.8 Å². The van der Waals surface area contributed by atoms with Crippen LogP contribution in [0.25, 0.3) is 10.8 Å². The highest BCUT2D eigenvalue weighted by Gasteiger charge is 2.32. The molecule has 14 heteroatoms. The summed E-state index contributed by atoms with van der Waals surface area (Å²) in [6.07, 6.45) is 1.52. The molecule has 1 aliphatic rings. The van der Waals surface area contributed by atoms with Crippen LogP contribution in [0.1, 0.15) is 61.8 Å². The summed E-state index contributed by atoms with van der Waals surface area (Å²) in [4.78, 5) is 31.0. The molecule has 1 aliphatic heterocycles. The molecule has 52 heavy (non-hydrogen) atoms. The number of carbonyl (C=O) groups is 2. The molecule has 0 fully saturated rings. The van der Waals surface area contributed by atoms with Crippen LogP contribution in [0, 0.1) is 19.8 Å². The topological polar surface area (TPSA) is 164 Å². The molecule has 3 amide bonds. The number of rotatable bonds is 8. The number of sulfonamides is 1. The average molecular weight is 736 g/mol. The summed E-state index contributed by atoms with van der Waals surface area (Å²) in [5.74, 6) is -0.290. The first kappa shape index (κ1) is 38.6. The number of aryl methyl sites for hydroxylation is 2. The number of aromatic nitrogens is 1. The largest absolute Gasteiger partial charge is 0.490 e. The van der Waals surface area contributed by atoms with Crippen LogP contribution >= 0.6 is 0 Å². The number of nitrogens with zero attached hydrogens (tertiary/aromatic N) is 3.